The number of nitrogens with two attached hydrogens (primary N) is 1. The van der Waals surface area contributed by atoms with Gasteiger partial charge in [-0.15, -0.1) is 0 Å². The van der Waals surface area contributed by atoms with Crippen molar-refractivity contribution in [3.63, 3.8) is 0 Å². The summed E-state index contributed by atoms with van der Waals surface area (Å²) in [6.07, 6.45) is 2.69. The van der Waals surface area contributed by atoms with Gasteiger partial charge in [0, 0.05) is 17.7 Å². The Balaban J connectivity index is 1.88. The van der Waals surface area contributed by atoms with Gasteiger partial charge in [0.05, 0.1) is 6.61 Å². The summed E-state index contributed by atoms with van der Waals surface area (Å²) in [7, 11) is 0. The van der Waals surface area contributed by atoms with Crippen LogP contribution in [-0.2, 0) is 6.42 Å². The third kappa shape index (κ3) is 1.92. The summed E-state index contributed by atoms with van der Waals surface area (Å²) < 4.78 is 5.69. The smallest absolute Gasteiger partial charge is 0.126 e. The number of anilines is 1. The Hall–Kier alpha value is -2.03. The van der Waals surface area contributed by atoms with Crippen molar-refractivity contribution >= 4 is 5.82 Å². The molecule has 1 aromatic carbocycles. The molecule has 1 aliphatic heterocycles. The number of hydrogen-bond donors (Lipinski definition) is 1. The van der Waals surface area contributed by atoms with Crippen molar-refractivity contribution in [2.45, 2.75) is 19.3 Å². The van der Waals surface area contributed by atoms with Crippen molar-refractivity contribution in [2.75, 3.05) is 12.3 Å². The van der Waals surface area contributed by atoms with Crippen LogP contribution < -0.4 is 10.5 Å². The van der Waals surface area contributed by atoms with Gasteiger partial charge in [-0.3, -0.25) is 0 Å². The summed E-state index contributed by atoms with van der Waals surface area (Å²) in [5.41, 5.74) is 9.47. The number of nitrogens with zero attached hydrogens (tertiary/aromatic N) is 1. The van der Waals surface area contributed by atoms with Gasteiger partial charge >= 0.3 is 0 Å². The van der Waals surface area contributed by atoms with Crippen LogP contribution >= 0.6 is 0 Å². The zero-order valence-electron chi connectivity index (χ0n) is 10.4. The lowest BCUT2D eigenvalue weighted by molar-refractivity contribution is 0.330. The number of benzene rings is 1. The van der Waals surface area contributed by atoms with Gasteiger partial charge in [-0.1, -0.05) is 24.3 Å². The van der Waals surface area contributed by atoms with Crippen LogP contribution in [0.5, 0.6) is 5.75 Å². The lowest BCUT2D eigenvalue weighted by Crippen LogP contribution is -2.07. The predicted octanol–water partition coefficient (Wildman–Crippen LogP) is 2.69. The van der Waals surface area contributed by atoms with E-state index in [1.807, 2.05) is 19.1 Å². The molecule has 18 heavy (non-hydrogen) atoms. The molecule has 3 nitrogen and oxygen atoms in total. The average molecular weight is 240 g/mol. The molecule has 0 spiro atoms. The molecule has 2 N–H and O–H groups in total. The van der Waals surface area contributed by atoms with E-state index in [2.05, 4.69) is 23.2 Å². The molecule has 2 aromatic rings. The molecule has 1 aromatic heterocycles. The van der Waals surface area contributed by atoms with Gasteiger partial charge in [0.25, 0.3) is 0 Å². The Morgan fingerprint density at radius 2 is 2.22 bits per heavy atom. The number of ether oxygens (including phenoxy) is 1. The maximum atomic E-state index is 5.94. The van der Waals surface area contributed by atoms with Crippen molar-refractivity contribution in [2.24, 2.45) is 0 Å². The number of aryl methyl sites for hydroxylation is 1. The van der Waals surface area contributed by atoms with E-state index >= 15 is 0 Å². The van der Waals surface area contributed by atoms with Crippen molar-refractivity contribution in [1.29, 1.82) is 0 Å². The summed E-state index contributed by atoms with van der Waals surface area (Å²) in [4.78, 5) is 4.21. The Bertz CT molecular complexity index is 580. The fraction of sp³-hybridized carbons (Fsp3) is 0.267. The first kappa shape index (κ1) is 11.1. The minimum Gasteiger partial charge on any atom is -0.493 e. The normalized spacial score (nSPS) is 17.3. The summed E-state index contributed by atoms with van der Waals surface area (Å²) in [5.74, 6) is 2.01. The third-order valence-electron chi connectivity index (χ3n) is 3.40. The molecule has 2 heterocycles. The maximum absolute atomic E-state index is 5.94. The van der Waals surface area contributed by atoms with Crippen LogP contribution in [0, 0.1) is 6.92 Å². The molecule has 0 amide bonds. The first-order valence-corrected chi connectivity index (χ1v) is 6.17. The lowest BCUT2D eigenvalue weighted by Gasteiger charge is -2.11. The lowest BCUT2D eigenvalue weighted by atomic mass is 9.93. The van der Waals surface area contributed by atoms with Crippen LogP contribution in [0.15, 0.2) is 36.5 Å². The summed E-state index contributed by atoms with van der Waals surface area (Å²) in [5, 5.41) is 0. The second-order valence-corrected chi connectivity index (χ2v) is 4.81. The van der Waals surface area contributed by atoms with Gasteiger partial charge in [-0.05, 0) is 30.5 Å². The van der Waals surface area contributed by atoms with E-state index in [0.717, 1.165) is 29.9 Å². The van der Waals surface area contributed by atoms with Crippen LogP contribution in [0.1, 0.15) is 22.6 Å². The highest BCUT2D eigenvalue weighted by atomic mass is 16.5. The molecule has 1 unspecified atom stereocenters. The first-order valence-electron chi connectivity index (χ1n) is 6.17. The van der Waals surface area contributed by atoms with Gasteiger partial charge in [-0.2, -0.15) is 0 Å². The monoisotopic (exact) mass is 240 g/mol. The van der Waals surface area contributed by atoms with E-state index in [4.69, 9.17) is 10.5 Å². The molecule has 0 saturated carbocycles. The van der Waals surface area contributed by atoms with Crippen LogP contribution in [0.25, 0.3) is 0 Å². The van der Waals surface area contributed by atoms with E-state index in [-0.39, 0.29) is 0 Å². The molecule has 92 valence electrons. The zero-order chi connectivity index (χ0) is 12.5. The quantitative estimate of drug-likeness (QED) is 0.878. The van der Waals surface area contributed by atoms with E-state index in [1.165, 1.54) is 5.56 Å². The van der Waals surface area contributed by atoms with Gasteiger partial charge < -0.3 is 10.5 Å². The molecule has 0 fully saturated rings. The summed E-state index contributed by atoms with van der Waals surface area (Å²) in [6, 6.07) is 10.3. The van der Waals surface area contributed by atoms with Crippen molar-refractivity contribution in [3.8, 4) is 5.75 Å². The Labute approximate surface area is 107 Å². The van der Waals surface area contributed by atoms with E-state index in [1.54, 1.807) is 6.20 Å². The standard InChI is InChI=1S/C15H16N2O/c1-10-6-11(15(16)17-8-10)7-12-9-18-14-5-3-2-4-13(12)14/h2-6,8,12H,7,9H2,1H3,(H2,16,17). The van der Waals surface area contributed by atoms with Crippen molar-refractivity contribution in [3.05, 3.63) is 53.2 Å². The van der Waals surface area contributed by atoms with Gasteiger partial charge in [0.2, 0.25) is 0 Å². The molecule has 0 radical (unpaired) electrons. The minimum atomic E-state index is 0.382. The van der Waals surface area contributed by atoms with Gasteiger partial charge in [0.1, 0.15) is 11.6 Å². The van der Waals surface area contributed by atoms with Crippen molar-refractivity contribution in [1.82, 2.24) is 4.98 Å². The van der Waals surface area contributed by atoms with Gasteiger partial charge in [-0.25, -0.2) is 4.98 Å². The van der Waals surface area contributed by atoms with Gasteiger partial charge in [0.15, 0.2) is 0 Å². The largest absolute Gasteiger partial charge is 0.493 e. The number of hydrogen-bond acceptors (Lipinski definition) is 3. The number of fused-ring (bicyclic) bond motifs is 1. The first-order chi connectivity index (χ1) is 8.74. The highest BCUT2D eigenvalue weighted by molar-refractivity contribution is 5.45. The number of nitrogen functional groups attached to an aromatic ring is 1. The van der Waals surface area contributed by atoms with Crippen LogP contribution in [0.3, 0.4) is 0 Å². The zero-order valence-corrected chi connectivity index (χ0v) is 10.4. The third-order valence-corrected chi connectivity index (χ3v) is 3.40. The molecular formula is C15H16N2O. The molecule has 0 bridgehead atoms. The predicted molar refractivity (Wildman–Crippen MR) is 71.8 cm³/mol. The van der Waals surface area contributed by atoms with Crippen LogP contribution in [-0.4, -0.2) is 11.6 Å². The molecular weight excluding hydrogens is 224 g/mol. The average Bonchev–Trinajstić information content (AvgIpc) is 2.78. The second-order valence-electron chi connectivity index (χ2n) is 4.81. The highest BCUT2D eigenvalue weighted by Crippen LogP contribution is 2.36. The molecule has 3 rings (SSSR count). The highest BCUT2D eigenvalue weighted by Gasteiger charge is 2.24. The number of pyridine rings is 1. The van der Waals surface area contributed by atoms with E-state index in [9.17, 15) is 0 Å². The SMILES string of the molecule is Cc1cnc(N)c(CC2COc3ccccc32)c1. The Morgan fingerprint density at radius 1 is 1.39 bits per heavy atom. The molecule has 1 aliphatic rings. The fourth-order valence-corrected chi connectivity index (χ4v) is 2.47. The van der Waals surface area contributed by atoms with Crippen molar-refractivity contribution < 1.29 is 4.74 Å². The van der Waals surface area contributed by atoms with E-state index < -0.39 is 0 Å². The summed E-state index contributed by atoms with van der Waals surface area (Å²) >= 11 is 0. The molecule has 0 aliphatic carbocycles. The number of aromatic nitrogens is 1. The number of rotatable bonds is 2. The summed E-state index contributed by atoms with van der Waals surface area (Å²) in [6.45, 7) is 2.77. The fourth-order valence-electron chi connectivity index (χ4n) is 2.47. The maximum Gasteiger partial charge on any atom is 0.126 e. The Morgan fingerprint density at radius 3 is 3.11 bits per heavy atom. The second kappa shape index (κ2) is 4.33. The van der Waals surface area contributed by atoms with Crippen LogP contribution in [0.2, 0.25) is 0 Å². The van der Waals surface area contributed by atoms with Crippen LogP contribution in [0.4, 0.5) is 5.82 Å². The minimum absolute atomic E-state index is 0.382. The molecule has 1 atom stereocenters. The molecule has 0 saturated heterocycles. The Kier molecular flexibility index (Phi) is 2.67. The topological polar surface area (TPSA) is 48.1 Å². The molecule has 3 heteroatoms. The number of para-hydroxylation sites is 1. The van der Waals surface area contributed by atoms with E-state index in [0.29, 0.717) is 11.7 Å².